The fraction of sp³-hybridized carbons (Fsp3) is 0.120. The molecule has 8 nitrogen and oxygen atoms in total. The van der Waals surface area contributed by atoms with Gasteiger partial charge >= 0.3 is 0 Å². The maximum absolute atomic E-state index is 5.26. The molecule has 0 radical (unpaired) electrons. The fourth-order valence-electron chi connectivity index (χ4n) is 4.17. The molecule has 0 saturated carbocycles. The highest BCUT2D eigenvalue weighted by Crippen LogP contribution is 2.33. The molecule has 0 aliphatic heterocycles. The van der Waals surface area contributed by atoms with Gasteiger partial charge in [-0.2, -0.15) is 5.10 Å². The second-order valence-corrected chi connectivity index (χ2v) is 8.32. The van der Waals surface area contributed by atoms with Crippen molar-refractivity contribution in [3.63, 3.8) is 0 Å². The summed E-state index contributed by atoms with van der Waals surface area (Å²) in [6.45, 7) is 0.822. The Balaban J connectivity index is 1.45. The molecular formula is C25H21N7O. The van der Waals surface area contributed by atoms with Crippen molar-refractivity contribution in [2.24, 2.45) is 0 Å². The predicted molar refractivity (Wildman–Crippen MR) is 127 cm³/mol. The van der Waals surface area contributed by atoms with Gasteiger partial charge < -0.3 is 14.3 Å². The van der Waals surface area contributed by atoms with Gasteiger partial charge in [0.2, 0.25) is 0 Å². The lowest BCUT2D eigenvalue weighted by Gasteiger charge is -2.10. The Hall–Kier alpha value is -4.30. The Morgan fingerprint density at radius 2 is 1.82 bits per heavy atom. The molecule has 0 atom stereocenters. The van der Waals surface area contributed by atoms with Gasteiger partial charge in [-0.3, -0.25) is 20.1 Å². The van der Waals surface area contributed by atoms with E-state index in [1.54, 1.807) is 18.7 Å². The highest BCUT2D eigenvalue weighted by molar-refractivity contribution is 6.00. The number of hydrogen-bond acceptors (Lipinski definition) is 6. The SMILES string of the molecule is CN(C)Cc1cncc(-c2cc3c(-c4cc5c(-c6ccoc6)nccc5[nH]4)n[nH]c3cn2)c1. The largest absolute Gasteiger partial charge is 0.472 e. The van der Waals surface area contributed by atoms with Gasteiger partial charge in [-0.05, 0) is 50.0 Å². The summed E-state index contributed by atoms with van der Waals surface area (Å²) in [7, 11) is 4.09. The molecule has 0 amide bonds. The zero-order valence-corrected chi connectivity index (χ0v) is 18.2. The molecule has 6 aromatic rings. The summed E-state index contributed by atoms with van der Waals surface area (Å²) in [6, 6.07) is 10.2. The number of aromatic amines is 2. The molecule has 0 fully saturated rings. The third-order valence-corrected chi connectivity index (χ3v) is 5.63. The van der Waals surface area contributed by atoms with Gasteiger partial charge in [0.15, 0.2) is 0 Å². The van der Waals surface area contributed by atoms with Crippen molar-refractivity contribution in [2.75, 3.05) is 14.1 Å². The first kappa shape index (κ1) is 19.4. The number of H-pyrrole nitrogens is 2. The molecule has 0 spiro atoms. The van der Waals surface area contributed by atoms with E-state index < -0.39 is 0 Å². The molecule has 8 heteroatoms. The van der Waals surface area contributed by atoms with E-state index in [0.29, 0.717) is 0 Å². The number of fused-ring (bicyclic) bond motifs is 2. The lowest BCUT2D eigenvalue weighted by atomic mass is 10.1. The van der Waals surface area contributed by atoms with Crippen LogP contribution in [-0.2, 0) is 6.54 Å². The van der Waals surface area contributed by atoms with E-state index in [1.165, 1.54) is 0 Å². The minimum Gasteiger partial charge on any atom is -0.472 e. The Labute approximate surface area is 189 Å². The first-order valence-corrected chi connectivity index (χ1v) is 10.6. The van der Waals surface area contributed by atoms with E-state index in [9.17, 15) is 0 Å². The zero-order valence-electron chi connectivity index (χ0n) is 18.2. The van der Waals surface area contributed by atoms with Crippen LogP contribution in [0.5, 0.6) is 0 Å². The van der Waals surface area contributed by atoms with Gasteiger partial charge in [-0.25, -0.2) is 0 Å². The van der Waals surface area contributed by atoms with Crippen LogP contribution in [0.15, 0.2) is 72.1 Å². The summed E-state index contributed by atoms with van der Waals surface area (Å²) in [6.07, 6.45) is 10.7. The molecule has 2 N–H and O–H groups in total. The standard InChI is InChI=1S/C25H21N7O/c1-32(2)13-15-7-17(11-26-10-15)21-8-19-23(12-28-21)30-31-25(19)22-9-18-20(29-22)3-5-27-24(18)16-4-6-33-14-16/h3-12,14,29H,13H2,1-2H3,(H,30,31). The molecule has 6 heterocycles. The zero-order chi connectivity index (χ0) is 22.4. The fourth-order valence-corrected chi connectivity index (χ4v) is 4.17. The molecule has 0 aliphatic rings. The summed E-state index contributed by atoms with van der Waals surface area (Å²) in [4.78, 5) is 19.2. The van der Waals surface area contributed by atoms with E-state index in [2.05, 4.69) is 53.2 Å². The quantitative estimate of drug-likeness (QED) is 0.400. The molecule has 33 heavy (non-hydrogen) atoms. The average Bonchev–Trinajstić information content (AvgIpc) is 3.57. The van der Waals surface area contributed by atoms with Crippen LogP contribution in [0.4, 0.5) is 0 Å². The molecule has 0 unspecified atom stereocenters. The lowest BCUT2D eigenvalue weighted by Crippen LogP contribution is -2.10. The second kappa shape index (κ2) is 7.68. The van der Waals surface area contributed by atoms with E-state index in [1.807, 2.05) is 44.8 Å². The number of furan rings is 1. The summed E-state index contributed by atoms with van der Waals surface area (Å²) in [5.74, 6) is 0. The van der Waals surface area contributed by atoms with Crippen molar-refractivity contribution in [1.29, 1.82) is 0 Å². The van der Waals surface area contributed by atoms with Gasteiger partial charge in [0.1, 0.15) is 5.69 Å². The van der Waals surface area contributed by atoms with E-state index >= 15 is 0 Å². The van der Waals surface area contributed by atoms with Crippen molar-refractivity contribution >= 4 is 21.8 Å². The van der Waals surface area contributed by atoms with Crippen LogP contribution in [0, 0.1) is 0 Å². The van der Waals surface area contributed by atoms with Gasteiger partial charge in [-0.15, -0.1) is 0 Å². The maximum Gasteiger partial charge on any atom is 0.116 e. The minimum atomic E-state index is 0.822. The van der Waals surface area contributed by atoms with Crippen molar-refractivity contribution in [2.45, 2.75) is 6.54 Å². The van der Waals surface area contributed by atoms with Crippen molar-refractivity contribution in [3.05, 3.63) is 73.2 Å². The first-order chi connectivity index (χ1) is 16.2. The monoisotopic (exact) mass is 435 g/mol. The molecule has 0 bridgehead atoms. The van der Waals surface area contributed by atoms with Crippen LogP contribution < -0.4 is 0 Å². The molecule has 162 valence electrons. The first-order valence-electron chi connectivity index (χ1n) is 10.6. The minimum absolute atomic E-state index is 0.822. The molecule has 6 aromatic heterocycles. The highest BCUT2D eigenvalue weighted by Gasteiger charge is 2.16. The van der Waals surface area contributed by atoms with Gasteiger partial charge in [0.25, 0.3) is 0 Å². The van der Waals surface area contributed by atoms with Crippen molar-refractivity contribution in [3.8, 4) is 33.9 Å². The summed E-state index contributed by atoms with van der Waals surface area (Å²) < 4.78 is 5.26. The number of aromatic nitrogens is 6. The van der Waals surface area contributed by atoms with Crippen LogP contribution in [0.1, 0.15) is 5.56 Å². The lowest BCUT2D eigenvalue weighted by molar-refractivity contribution is 0.402. The topological polar surface area (TPSA) is 99.5 Å². The maximum atomic E-state index is 5.26. The Morgan fingerprint density at radius 3 is 2.67 bits per heavy atom. The van der Waals surface area contributed by atoms with Gasteiger partial charge in [-0.1, -0.05) is 0 Å². The van der Waals surface area contributed by atoms with Crippen molar-refractivity contribution in [1.82, 2.24) is 35.0 Å². The Morgan fingerprint density at radius 1 is 0.909 bits per heavy atom. The molecule has 6 rings (SSSR count). The van der Waals surface area contributed by atoms with Crippen LogP contribution in [0.2, 0.25) is 0 Å². The van der Waals surface area contributed by atoms with E-state index in [4.69, 9.17) is 4.42 Å². The van der Waals surface area contributed by atoms with Crippen LogP contribution in [-0.4, -0.2) is 49.1 Å². The molecule has 0 aromatic carbocycles. The van der Waals surface area contributed by atoms with E-state index in [0.717, 1.165) is 67.8 Å². The third-order valence-electron chi connectivity index (χ3n) is 5.63. The number of pyridine rings is 3. The van der Waals surface area contributed by atoms with Crippen molar-refractivity contribution < 1.29 is 4.42 Å². The molecular weight excluding hydrogens is 414 g/mol. The molecule has 0 saturated heterocycles. The van der Waals surface area contributed by atoms with Gasteiger partial charge in [0, 0.05) is 52.6 Å². The number of hydrogen-bond donors (Lipinski definition) is 2. The Bertz CT molecular complexity index is 1580. The van der Waals surface area contributed by atoms with Crippen LogP contribution >= 0.6 is 0 Å². The summed E-state index contributed by atoms with van der Waals surface area (Å²) in [5.41, 5.74) is 8.39. The van der Waals surface area contributed by atoms with Gasteiger partial charge in [0.05, 0.1) is 41.3 Å². The summed E-state index contributed by atoms with van der Waals surface area (Å²) >= 11 is 0. The highest BCUT2D eigenvalue weighted by atomic mass is 16.3. The van der Waals surface area contributed by atoms with E-state index in [-0.39, 0.29) is 0 Å². The number of nitrogens with one attached hydrogen (secondary N) is 2. The number of rotatable bonds is 5. The predicted octanol–water partition coefficient (Wildman–Crippen LogP) is 4.88. The summed E-state index contributed by atoms with van der Waals surface area (Å²) in [5, 5.41) is 9.69. The normalized spacial score (nSPS) is 11.7. The number of nitrogens with zero attached hydrogens (tertiary/aromatic N) is 5. The molecule has 0 aliphatic carbocycles. The van der Waals surface area contributed by atoms with Crippen LogP contribution in [0.3, 0.4) is 0 Å². The second-order valence-electron chi connectivity index (χ2n) is 8.32. The third kappa shape index (κ3) is 3.46. The average molecular weight is 435 g/mol. The smallest absolute Gasteiger partial charge is 0.116 e. The Kier molecular flexibility index (Phi) is 4.51. The van der Waals surface area contributed by atoms with Crippen LogP contribution in [0.25, 0.3) is 55.7 Å².